The fourth-order valence-corrected chi connectivity index (χ4v) is 3.05. The number of pyridine rings is 1. The van der Waals surface area contributed by atoms with E-state index in [0.717, 1.165) is 30.1 Å². The van der Waals surface area contributed by atoms with Crippen LogP contribution in [0.3, 0.4) is 0 Å². The van der Waals surface area contributed by atoms with Gasteiger partial charge in [0.15, 0.2) is 0 Å². The van der Waals surface area contributed by atoms with Gasteiger partial charge >= 0.3 is 0 Å². The van der Waals surface area contributed by atoms with Crippen molar-refractivity contribution in [1.82, 2.24) is 25.5 Å². The van der Waals surface area contributed by atoms with E-state index in [4.69, 9.17) is 4.42 Å². The number of rotatable bonds is 2. The van der Waals surface area contributed by atoms with Crippen LogP contribution in [0.4, 0.5) is 0 Å². The number of carbonyl (C=O) groups excluding carboxylic acids is 1. The third-order valence-corrected chi connectivity index (χ3v) is 4.29. The molecule has 2 N–H and O–H groups in total. The minimum atomic E-state index is -0.144. The SMILES string of the molecule is Cl.O=C([C@@H]1CNCCN1)N1CCc2oc(-c3cccnc3)nc2C1. The predicted octanol–water partition coefficient (Wildman–Crippen LogP) is 0.604. The number of aromatic nitrogens is 2. The van der Waals surface area contributed by atoms with E-state index in [1.165, 1.54) is 0 Å². The normalized spacial score (nSPS) is 20.2. The highest BCUT2D eigenvalue weighted by Crippen LogP contribution is 2.25. The highest BCUT2D eigenvalue weighted by Gasteiger charge is 2.30. The summed E-state index contributed by atoms with van der Waals surface area (Å²) in [6.45, 7) is 3.60. The molecule has 1 atom stereocenters. The molecule has 0 unspecified atom stereocenters. The maximum absolute atomic E-state index is 12.6. The van der Waals surface area contributed by atoms with Gasteiger partial charge in [0, 0.05) is 45.0 Å². The Bertz CT molecular complexity index is 700. The van der Waals surface area contributed by atoms with Crippen LogP contribution in [0.15, 0.2) is 28.9 Å². The van der Waals surface area contributed by atoms with Crippen molar-refractivity contribution in [1.29, 1.82) is 0 Å². The molecule has 0 aromatic carbocycles. The van der Waals surface area contributed by atoms with Crippen LogP contribution in [-0.2, 0) is 17.8 Å². The Kier molecular flexibility index (Phi) is 5.13. The lowest BCUT2D eigenvalue weighted by molar-refractivity contribution is -0.134. The molecule has 0 spiro atoms. The summed E-state index contributed by atoms with van der Waals surface area (Å²) in [6, 6.07) is 3.64. The van der Waals surface area contributed by atoms with E-state index in [2.05, 4.69) is 20.6 Å². The minimum Gasteiger partial charge on any atom is -0.441 e. The van der Waals surface area contributed by atoms with Gasteiger partial charge < -0.3 is 20.0 Å². The zero-order valence-corrected chi connectivity index (χ0v) is 14.0. The van der Waals surface area contributed by atoms with Crippen LogP contribution in [0.2, 0.25) is 0 Å². The molecular formula is C16H20ClN5O2. The molecule has 2 aliphatic heterocycles. The second-order valence-corrected chi connectivity index (χ2v) is 5.85. The van der Waals surface area contributed by atoms with Crippen molar-refractivity contribution in [3.63, 3.8) is 0 Å². The van der Waals surface area contributed by atoms with Gasteiger partial charge in [-0.1, -0.05) is 0 Å². The highest BCUT2D eigenvalue weighted by molar-refractivity contribution is 5.85. The zero-order chi connectivity index (χ0) is 15.6. The summed E-state index contributed by atoms with van der Waals surface area (Å²) >= 11 is 0. The smallest absolute Gasteiger partial charge is 0.241 e. The van der Waals surface area contributed by atoms with Crippen molar-refractivity contribution in [3.8, 4) is 11.5 Å². The summed E-state index contributed by atoms with van der Waals surface area (Å²) < 4.78 is 5.85. The number of nitrogens with zero attached hydrogens (tertiary/aromatic N) is 3. The number of piperazine rings is 1. The fraction of sp³-hybridized carbons (Fsp3) is 0.438. The van der Waals surface area contributed by atoms with E-state index in [1.807, 2.05) is 17.0 Å². The molecule has 7 nitrogen and oxygen atoms in total. The number of nitrogens with one attached hydrogen (secondary N) is 2. The summed E-state index contributed by atoms with van der Waals surface area (Å²) in [5.41, 5.74) is 1.71. The topological polar surface area (TPSA) is 83.3 Å². The van der Waals surface area contributed by atoms with E-state index < -0.39 is 0 Å². The Balaban J connectivity index is 0.00000169. The standard InChI is InChI=1S/C16H19N5O2.ClH/c22-16(12-9-18-5-6-19-12)21-7-3-14-13(10-21)20-15(23-14)11-2-1-4-17-8-11;/h1-2,4,8,12,18-19H,3,5-7,9-10H2;1H/t12-;/m0./s1. The van der Waals surface area contributed by atoms with Crippen LogP contribution in [-0.4, -0.2) is 53.0 Å². The van der Waals surface area contributed by atoms with Crippen LogP contribution in [0.1, 0.15) is 11.5 Å². The summed E-state index contributed by atoms with van der Waals surface area (Å²) in [5, 5.41) is 6.51. The van der Waals surface area contributed by atoms with Crippen LogP contribution >= 0.6 is 12.4 Å². The van der Waals surface area contributed by atoms with Gasteiger partial charge in [0.2, 0.25) is 11.8 Å². The molecule has 2 aliphatic rings. The van der Waals surface area contributed by atoms with Crippen LogP contribution in [0.5, 0.6) is 0 Å². The van der Waals surface area contributed by atoms with E-state index >= 15 is 0 Å². The Morgan fingerprint density at radius 1 is 1.38 bits per heavy atom. The molecule has 0 radical (unpaired) electrons. The maximum Gasteiger partial charge on any atom is 0.241 e. The first kappa shape index (κ1) is 16.9. The van der Waals surface area contributed by atoms with Gasteiger partial charge in [-0.05, 0) is 12.1 Å². The summed E-state index contributed by atoms with van der Waals surface area (Å²) in [5.74, 6) is 1.59. The summed E-state index contributed by atoms with van der Waals surface area (Å²) in [6.07, 6.45) is 4.16. The molecule has 128 valence electrons. The largest absolute Gasteiger partial charge is 0.441 e. The fourth-order valence-electron chi connectivity index (χ4n) is 3.05. The highest BCUT2D eigenvalue weighted by atomic mass is 35.5. The number of hydrogen-bond acceptors (Lipinski definition) is 6. The number of hydrogen-bond donors (Lipinski definition) is 2. The van der Waals surface area contributed by atoms with E-state index in [0.29, 0.717) is 31.9 Å². The van der Waals surface area contributed by atoms with Gasteiger partial charge in [0.25, 0.3) is 0 Å². The first-order chi connectivity index (χ1) is 11.3. The molecule has 4 heterocycles. The molecule has 8 heteroatoms. The second-order valence-electron chi connectivity index (χ2n) is 5.85. The number of amides is 1. The average Bonchev–Trinajstić information content (AvgIpc) is 3.06. The summed E-state index contributed by atoms with van der Waals surface area (Å²) in [4.78, 5) is 23.1. The lowest BCUT2D eigenvalue weighted by Crippen LogP contribution is -2.57. The van der Waals surface area contributed by atoms with E-state index in [9.17, 15) is 4.79 Å². The van der Waals surface area contributed by atoms with Gasteiger partial charge in [-0.25, -0.2) is 4.98 Å². The molecule has 0 aliphatic carbocycles. The molecule has 1 saturated heterocycles. The molecule has 1 amide bonds. The minimum absolute atomic E-state index is 0. The Morgan fingerprint density at radius 3 is 3.04 bits per heavy atom. The Morgan fingerprint density at radius 2 is 2.29 bits per heavy atom. The molecule has 0 bridgehead atoms. The molecule has 2 aromatic rings. The van der Waals surface area contributed by atoms with Crippen molar-refractivity contribution >= 4 is 18.3 Å². The average molecular weight is 350 g/mol. The quantitative estimate of drug-likeness (QED) is 0.826. The predicted molar refractivity (Wildman–Crippen MR) is 90.8 cm³/mol. The van der Waals surface area contributed by atoms with Crippen LogP contribution in [0, 0.1) is 0 Å². The lowest BCUT2D eigenvalue weighted by Gasteiger charge is -2.31. The third-order valence-electron chi connectivity index (χ3n) is 4.29. The number of carbonyl (C=O) groups is 1. The number of oxazole rings is 1. The molecule has 2 aromatic heterocycles. The third kappa shape index (κ3) is 3.28. The van der Waals surface area contributed by atoms with E-state index in [-0.39, 0.29) is 24.4 Å². The Labute approximate surface area is 146 Å². The maximum atomic E-state index is 12.6. The molecule has 0 saturated carbocycles. The van der Waals surface area contributed by atoms with Gasteiger partial charge in [-0.2, -0.15) is 0 Å². The van der Waals surface area contributed by atoms with Gasteiger partial charge in [0.1, 0.15) is 11.5 Å². The Hall–Kier alpha value is -1.96. The van der Waals surface area contributed by atoms with Crippen molar-refractivity contribution in [2.75, 3.05) is 26.2 Å². The first-order valence-corrected chi connectivity index (χ1v) is 7.93. The van der Waals surface area contributed by atoms with Crippen molar-refractivity contribution < 1.29 is 9.21 Å². The van der Waals surface area contributed by atoms with E-state index in [1.54, 1.807) is 12.4 Å². The monoisotopic (exact) mass is 349 g/mol. The molecular weight excluding hydrogens is 330 g/mol. The summed E-state index contributed by atoms with van der Waals surface area (Å²) in [7, 11) is 0. The van der Waals surface area contributed by atoms with Crippen molar-refractivity contribution in [3.05, 3.63) is 36.0 Å². The number of halogens is 1. The van der Waals surface area contributed by atoms with Gasteiger partial charge in [-0.15, -0.1) is 12.4 Å². The molecule has 24 heavy (non-hydrogen) atoms. The second kappa shape index (κ2) is 7.29. The molecule has 1 fully saturated rings. The lowest BCUT2D eigenvalue weighted by atomic mass is 10.1. The van der Waals surface area contributed by atoms with Gasteiger partial charge in [-0.3, -0.25) is 9.78 Å². The van der Waals surface area contributed by atoms with Crippen LogP contribution < -0.4 is 10.6 Å². The van der Waals surface area contributed by atoms with Gasteiger partial charge in [0.05, 0.1) is 18.2 Å². The number of fused-ring (bicyclic) bond motifs is 1. The van der Waals surface area contributed by atoms with Crippen LogP contribution in [0.25, 0.3) is 11.5 Å². The van der Waals surface area contributed by atoms with Crippen molar-refractivity contribution in [2.24, 2.45) is 0 Å². The van der Waals surface area contributed by atoms with Crippen molar-refractivity contribution in [2.45, 2.75) is 19.0 Å². The first-order valence-electron chi connectivity index (χ1n) is 7.93. The zero-order valence-electron chi connectivity index (χ0n) is 13.2. The molecule has 4 rings (SSSR count).